The number of hydrogen-bond acceptors (Lipinski definition) is 6. The van der Waals surface area contributed by atoms with E-state index in [4.69, 9.17) is 4.74 Å². The van der Waals surface area contributed by atoms with Crippen LogP contribution in [0.5, 0.6) is 0 Å². The minimum Gasteiger partial charge on any atom is -0.376 e. The number of hydrogen-bond donors (Lipinski definition) is 1. The largest absolute Gasteiger partial charge is 0.433 e. The summed E-state index contributed by atoms with van der Waals surface area (Å²) in [5, 5.41) is 6.98. The van der Waals surface area contributed by atoms with Gasteiger partial charge >= 0.3 is 6.18 Å². The van der Waals surface area contributed by atoms with Gasteiger partial charge in [0.2, 0.25) is 0 Å². The maximum Gasteiger partial charge on any atom is 0.433 e. The Morgan fingerprint density at radius 2 is 2.07 bits per heavy atom. The van der Waals surface area contributed by atoms with E-state index in [0.717, 1.165) is 43.4 Å². The van der Waals surface area contributed by atoms with Gasteiger partial charge in [-0.15, -0.1) is 0 Å². The molecule has 1 unspecified atom stereocenters. The zero-order valence-corrected chi connectivity index (χ0v) is 15.9. The van der Waals surface area contributed by atoms with Gasteiger partial charge in [-0.05, 0) is 18.1 Å². The molecule has 2 aromatic heterocycles. The zero-order valence-electron chi connectivity index (χ0n) is 15.9. The Balaban J connectivity index is 1.49. The van der Waals surface area contributed by atoms with Crippen LogP contribution < -0.4 is 5.32 Å². The second-order valence-corrected chi connectivity index (χ2v) is 7.09. The molecular weight excluding hydrogens is 385 g/mol. The smallest absolute Gasteiger partial charge is 0.376 e. The molecule has 10 heteroatoms. The first kappa shape index (κ1) is 19.6. The standard InChI is InChI=1S/C19H21F3N6O/c1-13-10-27(5-6-29-13)11-15-4-2-3-14(7-15)9-23-17-8-16(19(20,21)22)26-18-24-12-25-28(17)18/h2-4,7-8,12-13,23H,5-6,9-11H2,1H3. The van der Waals surface area contributed by atoms with Crippen molar-refractivity contribution in [2.75, 3.05) is 25.0 Å². The summed E-state index contributed by atoms with van der Waals surface area (Å²) >= 11 is 0. The van der Waals surface area contributed by atoms with Crippen molar-refractivity contribution < 1.29 is 17.9 Å². The molecule has 1 aliphatic rings. The summed E-state index contributed by atoms with van der Waals surface area (Å²) in [5.74, 6) is 0.0877. The molecule has 0 radical (unpaired) electrons. The third-order valence-corrected chi connectivity index (χ3v) is 4.74. The average molecular weight is 406 g/mol. The van der Waals surface area contributed by atoms with Gasteiger partial charge < -0.3 is 10.1 Å². The number of nitrogens with zero attached hydrogens (tertiary/aromatic N) is 5. The van der Waals surface area contributed by atoms with Gasteiger partial charge in [0.15, 0.2) is 5.69 Å². The molecule has 154 valence electrons. The number of nitrogens with one attached hydrogen (secondary N) is 1. The van der Waals surface area contributed by atoms with Crippen LogP contribution in [-0.2, 0) is 24.0 Å². The molecule has 7 nitrogen and oxygen atoms in total. The van der Waals surface area contributed by atoms with Crippen LogP contribution in [0.2, 0.25) is 0 Å². The monoisotopic (exact) mass is 406 g/mol. The van der Waals surface area contributed by atoms with E-state index in [-0.39, 0.29) is 17.7 Å². The number of fused-ring (bicyclic) bond motifs is 1. The highest BCUT2D eigenvalue weighted by Gasteiger charge is 2.34. The molecule has 1 aliphatic heterocycles. The summed E-state index contributed by atoms with van der Waals surface area (Å²) < 4.78 is 46.1. The predicted molar refractivity (Wildman–Crippen MR) is 100 cm³/mol. The SMILES string of the molecule is CC1CN(Cc2cccc(CNc3cc(C(F)(F)F)nc4ncnn34)c2)CCO1. The van der Waals surface area contributed by atoms with Crippen LogP contribution in [0.3, 0.4) is 0 Å². The van der Waals surface area contributed by atoms with Crippen molar-refractivity contribution in [1.82, 2.24) is 24.5 Å². The summed E-state index contributed by atoms with van der Waals surface area (Å²) in [6.07, 6.45) is -3.16. The Morgan fingerprint density at radius 1 is 1.24 bits per heavy atom. The second kappa shape index (κ2) is 7.96. The van der Waals surface area contributed by atoms with Crippen LogP contribution >= 0.6 is 0 Å². The number of benzene rings is 1. The van der Waals surface area contributed by atoms with E-state index in [1.165, 1.54) is 10.8 Å². The Hall–Kier alpha value is -2.72. The van der Waals surface area contributed by atoms with E-state index in [1.807, 2.05) is 18.2 Å². The number of rotatable bonds is 5. The van der Waals surface area contributed by atoms with Crippen LogP contribution in [-0.4, -0.2) is 50.3 Å². The van der Waals surface area contributed by atoms with Crippen molar-refractivity contribution in [2.45, 2.75) is 32.3 Å². The minimum atomic E-state index is -4.56. The Bertz CT molecular complexity index is 989. The fourth-order valence-electron chi connectivity index (χ4n) is 3.41. The molecule has 0 saturated carbocycles. The Morgan fingerprint density at radius 3 is 2.86 bits per heavy atom. The Labute approximate surface area is 165 Å². The number of aromatic nitrogens is 4. The van der Waals surface area contributed by atoms with Crippen molar-refractivity contribution in [3.8, 4) is 0 Å². The summed E-state index contributed by atoms with van der Waals surface area (Å²) in [5.41, 5.74) is 1.10. The molecule has 0 aliphatic carbocycles. The van der Waals surface area contributed by atoms with E-state index < -0.39 is 11.9 Å². The first-order valence-electron chi connectivity index (χ1n) is 9.32. The quantitative estimate of drug-likeness (QED) is 0.703. The summed E-state index contributed by atoms with van der Waals surface area (Å²) in [4.78, 5) is 9.63. The summed E-state index contributed by atoms with van der Waals surface area (Å²) in [7, 11) is 0. The molecule has 29 heavy (non-hydrogen) atoms. The maximum absolute atomic E-state index is 13.1. The first-order valence-corrected chi connectivity index (χ1v) is 9.32. The molecule has 3 heterocycles. The average Bonchev–Trinajstić information content (AvgIpc) is 3.14. The predicted octanol–water partition coefficient (Wildman–Crippen LogP) is 2.98. The lowest BCUT2D eigenvalue weighted by atomic mass is 10.1. The van der Waals surface area contributed by atoms with Gasteiger partial charge in [0.1, 0.15) is 12.1 Å². The number of anilines is 1. The van der Waals surface area contributed by atoms with Crippen molar-refractivity contribution in [2.24, 2.45) is 0 Å². The molecule has 1 aromatic carbocycles. The first-order chi connectivity index (χ1) is 13.9. The Kier molecular flexibility index (Phi) is 5.37. The van der Waals surface area contributed by atoms with Crippen LogP contribution in [0.25, 0.3) is 5.78 Å². The van der Waals surface area contributed by atoms with Crippen LogP contribution in [0, 0.1) is 0 Å². The highest BCUT2D eigenvalue weighted by molar-refractivity contribution is 5.46. The molecule has 1 N–H and O–H groups in total. The van der Waals surface area contributed by atoms with Gasteiger partial charge in [0.05, 0.1) is 12.7 Å². The van der Waals surface area contributed by atoms with Crippen molar-refractivity contribution >= 4 is 11.6 Å². The normalized spacial score (nSPS) is 18.3. The zero-order chi connectivity index (χ0) is 20.4. The molecule has 0 bridgehead atoms. The number of morpholine rings is 1. The van der Waals surface area contributed by atoms with Crippen LogP contribution in [0.1, 0.15) is 23.7 Å². The number of halogens is 3. The van der Waals surface area contributed by atoms with Gasteiger partial charge in [-0.3, -0.25) is 4.90 Å². The van der Waals surface area contributed by atoms with E-state index >= 15 is 0 Å². The molecule has 0 amide bonds. The molecule has 1 saturated heterocycles. The number of ether oxygens (including phenoxy) is 1. The topological polar surface area (TPSA) is 67.6 Å². The highest BCUT2D eigenvalue weighted by Crippen LogP contribution is 2.29. The highest BCUT2D eigenvalue weighted by atomic mass is 19.4. The third kappa shape index (κ3) is 4.65. The summed E-state index contributed by atoms with van der Waals surface area (Å²) in [6, 6.07) is 8.93. The van der Waals surface area contributed by atoms with Crippen molar-refractivity contribution in [3.63, 3.8) is 0 Å². The van der Waals surface area contributed by atoms with Gasteiger partial charge in [0.25, 0.3) is 5.78 Å². The van der Waals surface area contributed by atoms with Crippen LogP contribution in [0.4, 0.5) is 19.0 Å². The molecule has 4 rings (SSSR count). The van der Waals surface area contributed by atoms with Gasteiger partial charge in [-0.25, -0.2) is 4.98 Å². The third-order valence-electron chi connectivity index (χ3n) is 4.74. The second-order valence-electron chi connectivity index (χ2n) is 7.09. The molecule has 3 aromatic rings. The van der Waals surface area contributed by atoms with Gasteiger partial charge in [0, 0.05) is 32.2 Å². The fraction of sp³-hybridized carbons (Fsp3) is 0.421. The van der Waals surface area contributed by atoms with Crippen molar-refractivity contribution in [1.29, 1.82) is 0 Å². The van der Waals surface area contributed by atoms with Crippen LogP contribution in [0.15, 0.2) is 36.7 Å². The van der Waals surface area contributed by atoms with E-state index in [1.54, 1.807) is 0 Å². The summed E-state index contributed by atoms with van der Waals surface area (Å²) in [6.45, 7) is 5.70. The fourth-order valence-corrected chi connectivity index (χ4v) is 3.41. The van der Waals surface area contributed by atoms with Gasteiger partial charge in [-0.2, -0.15) is 27.8 Å². The molecule has 1 fully saturated rings. The minimum absolute atomic E-state index is 0.0995. The van der Waals surface area contributed by atoms with Crippen molar-refractivity contribution in [3.05, 3.63) is 53.5 Å². The van der Waals surface area contributed by atoms with Gasteiger partial charge in [-0.1, -0.05) is 24.3 Å². The van der Waals surface area contributed by atoms with E-state index in [2.05, 4.69) is 38.3 Å². The maximum atomic E-state index is 13.1. The molecule has 0 spiro atoms. The van der Waals surface area contributed by atoms with E-state index in [9.17, 15) is 13.2 Å². The lowest BCUT2D eigenvalue weighted by Gasteiger charge is -2.31. The van der Waals surface area contributed by atoms with E-state index in [0.29, 0.717) is 6.54 Å². The lowest BCUT2D eigenvalue weighted by molar-refractivity contribution is -0.141. The molecule has 1 atom stereocenters. The number of alkyl halides is 3. The molecular formula is C19H21F3N6O. The lowest BCUT2D eigenvalue weighted by Crippen LogP contribution is -2.40.